The van der Waals surface area contributed by atoms with Crippen LogP contribution in [-0.2, 0) is 4.74 Å². The van der Waals surface area contributed by atoms with E-state index in [1.807, 2.05) is 11.3 Å². The van der Waals surface area contributed by atoms with Crippen molar-refractivity contribution < 1.29 is 4.74 Å². The van der Waals surface area contributed by atoms with Gasteiger partial charge in [0, 0.05) is 37.1 Å². The summed E-state index contributed by atoms with van der Waals surface area (Å²) in [5.74, 6) is 0. The molecule has 0 spiro atoms. The van der Waals surface area contributed by atoms with Crippen molar-refractivity contribution in [3.8, 4) is 0 Å². The van der Waals surface area contributed by atoms with Crippen molar-refractivity contribution in [1.29, 1.82) is 0 Å². The quantitative estimate of drug-likeness (QED) is 0.888. The maximum Gasteiger partial charge on any atom is 0.0753 e. The fourth-order valence-electron chi connectivity index (χ4n) is 2.38. The summed E-state index contributed by atoms with van der Waals surface area (Å²) in [6.07, 6.45) is 0. The van der Waals surface area contributed by atoms with Crippen LogP contribution in [0.5, 0.6) is 0 Å². The minimum Gasteiger partial charge on any atom is -0.373 e. The van der Waals surface area contributed by atoms with E-state index in [1.165, 1.54) is 4.88 Å². The molecule has 1 aliphatic heterocycles. The lowest BCUT2D eigenvalue weighted by Gasteiger charge is -2.38. The first-order valence-electron chi connectivity index (χ1n) is 6.70. The van der Waals surface area contributed by atoms with E-state index in [1.54, 1.807) is 0 Å². The van der Waals surface area contributed by atoms with Crippen molar-refractivity contribution in [2.45, 2.75) is 32.4 Å². The van der Waals surface area contributed by atoms with Crippen LogP contribution in [0.25, 0.3) is 0 Å². The van der Waals surface area contributed by atoms with Crippen LogP contribution in [0, 0.1) is 0 Å². The van der Waals surface area contributed by atoms with Gasteiger partial charge in [0.2, 0.25) is 0 Å². The molecule has 1 aliphatic rings. The Bertz CT molecular complexity index is 351. The Labute approximate surface area is 114 Å². The van der Waals surface area contributed by atoms with E-state index in [2.05, 4.69) is 48.5 Å². The highest BCUT2D eigenvalue weighted by Gasteiger charge is 2.26. The topological polar surface area (TPSA) is 24.5 Å². The molecule has 1 saturated heterocycles. The molecule has 1 aromatic rings. The number of hydrogen-bond acceptors (Lipinski definition) is 4. The molecule has 18 heavy (non-hydrogen) atoms. The molecule has 1 aromatic heterocycles. The molecule has 4 heteroatoms. The van der Waals surface area contributed by atoms with Crippen LogP contribution < -0.4 is 5.32 Å². The lowest BCUT2D eigenvalue weighted by atomic mass is 10.1. The van der Waals surface area contributed by atoms with Crippen LogP contribution in [0.4, 0.5) is 0 Å². The third-order valence-electron chi connectivity index (χ3n) is 3.35. The van der Waals surface area contributed by atoms with Crippen LogP contribution >= 0.6 is 11.3 Å². The van der Waals surface area contributed by atoms with Gasteiger partial charge in [-0.2, -0.15) is 0 Å². The van der Waals surface area contributed by atoms with E-state index in [0.29, 0.717) is 6.04 Å². The SMILES string of the molecule is CC(NCCN1CCOC(C)(C)C1)c1cccs1. The Morgan fingerprint density at radius 1 is 1.56 bits per heavy atom. The molecule has 1 fully saturated rings. The lowest BCUT2D eigenvalue weighted by Crippen LogP contribution is -2.49. The van der Waals surface area contributed by atoms with Crippen molar-refractivity contribution in [2.75, 3.05) is 32.8 Å². The first kappa shape index (κ1) is 14.0. The van der Waals surface area contributed by atoms with Gasteiger partial charge in [-0.3, -0.25) is 4.90 Å². The number of rotatable bonds is 5. The van der Waals surface area contributed by atoms with Crippen LogP contribution in [0.1, 0.15) is 31.7 Å². The van der Waals surface area contributed by atoms with Gasteiger partial charge in [-0.25, -0.2) is 0 Å². The average molecular weight is 268 g/mol. The largest absolute Gasteiger partial charge is 0.373 e. The lowest BCUT2D eigenvalue weighted by molar-refractivity contribution is -0.0855. The molecule has 2 heterocycles. The molecular weight excluding hydrogens is 244 g/mol. The predicted molar refractivity (Wildman–Crippen MR) is 77.2 cm³/mol. The maximum absolute atomic E-state index is 5.72. The van der Waals surface area contributed by atoms with Gasteiger partial charge in [0.1, 0.15) is 0 Å². The van der Waals surface area contributed by atoms with Gasteiger partial charge in [0.15, 0.2) is 0 Å². The van der Waals surface area contributed by atoms with Gasteiger partial charge in [-0.1, -0.05) is 6.07 Å². The third kappa shape index (κ3) is 4.05. The number of hydrogen-bond donors (Lipinski definition) is 1. The van der Waals surface area contributed by atoms with E-state index in [9.17, 15) is 0 Å². The molecule has 2 rings (SSSR count). The Hall–Kier alpha value is -0.420. The molecule has 0 bridgehead atoms. The number of thiophene rings is 1. The van der Waals surface area contributed by atoms with E-state index < -0.39 is 0 Å². The summed E-state index contributed by atoms with van der Waals surface area (Å²) in [6.45, 7) is 11.6. The number of ether oxygens (including phenoxy) is 1. The summed E-state index contributed by atoms with van der Waals surface area (Å²) >= 11 is 1.82. The minimum atomic E-state index is 0.0115. The van der Waals surface area contributed by atoms with Crippen LogP contribution in [-0.4, -0.2) is 43.3 Å². The smallest absolute Gasteiger partial charge is 0.0753 e. The Morgan fingerprint density at radius 3 is 3.06 bits per heavy atom. The second kappa shape index (κ2) is 6.15. The zero-order chi connectivity index (χ0) is 13.0. The van der Waals surface area contributed by atoms with E-state index >= 15 is 0 Å². The van der Waals surface area contributed by atoms with Crippen LogP contribution in [0.2, 0.25) is 0 Å². The first-order chi connectivity index (χ1) is 8.57. The first-order valence-corrected chi connectivity index (χ1v) is 7.58. The molecule has 0 aromatic carbocycles. The van der Waals surface area contributed by atoms with Crippen molar-refractivity contribution in [1.82, 2.24) is 10.2 Å². The van der Waals surface area contributed by atoms with Gasteiger partial charge in [-0.05, 0) is 32.2 Å². The van der Waals surface area contributed by atoms with Crippen LogP contribution in [0.3, 0.4) is 0 Å². The Balaban J connectivity index is 1.69. The number of nitrogens with one attached hydrogen (secondary N) is 1. The Morgan fingerprint density at radius 2 is 2.39 bits per heavy atom. The minimum absolute atomic E-state index is 0.0115. The molecule has 0 saturated carbocycles. The summed E-state index contributed by atoms with van der Waals surface area (Å²) in [5.41, 5.74) is 0.0115. The molecule has 102 valence electrons. The highest BCUT2D eigenvalue weighted by molar-refractivity contribution is 7.10. The van der Waals surface area contributed by atoms with Crippen molar-refractivity contribution in [2.24, 2.45) is 0 Å². The van der Waals surface area contributed by atoms with Gasteiger partial charge in [-0.15, -0.1) is 11.3 Å². The van der Waals surface area contributed by atoms with Gasteiger partial charge in [0.05, 0.1) is 12.2 Å². The summed E-state index contributed by atoms with van der Waals surface area (Å²) < 4.78 is 5.72. The van der Waals surface area contributed by atoms with Crippen LogP contribution in [0.15, 0.2) is 17.5 Å². The molecular formula is C14H24N2OS. The second-order valence-electron chi connectivity index (χ2n) is 5.58. The summed E-state index contributed by atoms with van der Waals surface area (Å²) in [6, 6.07) is 4.77. The van der Waals surface area contributed by atoms with E-state index in [4.69, 9.17) is 4.74 Å². The molecule has 1 N–H and O–H groups in total. The Kier molecular flexibility index (Phi) is 4.78. The highest BCUT2D eigenvalue weighted by atomic mass is 32.1. The molecule has 0 radical (unpaired) electrons. The average Bonchev–Trinajstić information content (AvgIpc) is 2.81. The number of morpholine rings is 1. The maximum atomic E-state index is 5.72. The zero-order valence-electron chi connectivity index (χ0n) is 11.6. The normalized spacial score (nSPS) is 21.9. The second-order valence-corrected chi connectivity index (χ2v) is 6.55. The van der Waals surface area contributed by atoms with Crippen molar-refractivity contribution >= 4 is 11.3 Å². The van der Waals surface area contributed by atoms with Gasteiger partial charge < -0.3 is 10.1 Å². The van der Waals surface area contributed by atoms with Crippen molar-refractivity contribution in [3.63, 3.8) is 0 Å². The highest BCUT2D eigenvalue weighted by Crippen LogP contribution is 2.18. The molecule has 1 unspecified atom stereocenters. The van der Waals surface area contributed by atoms with E-state index in [-0.39, 0.29) is 5.60 Å². The molecule has 1 atom stereocenters. The molecule has 3 nitrogen and oxygen atoms in total. The monoisotopic (exact) mass is 268 g/mol. The molecule has 0 aliphatic carbocycles. The summed E-state index contributed by atoms with van der Waals surface area (Å²) in [7, 11) is 0. The zero-order valence-corrected chi connectivity index (χ0v) is 12.4. The predicted octanol–water partition coefficient (Wildman–Crippen LogP) is 2.51. The standard InChI is InChI=1S/C14H24N2OS/c1-12(13-5-4-10-18-13)15-6-7-16-8-9-17-14(2,3)11-16/h4-5,10,12,15H,6-9,11H2,1-3H3. The third-order valence-corrected chi connectivity index (χ3v) is 4.41. The van der Waals surface area contributed by atoms with E-state index in [0.717, 1.165) is 32.8 Å². The fraction of sp³-hybridized carbons (Fsp3) is 0.714. The molecule has 0 amide bonds. The number of nitrogens with zero attached hydrogens (tertiary/aromatic N) is 1. The fourth-order valence-corrected chi connectivity index (χ4v) is 3.14. The summed E-state index contributed by atoms with van der Waals surface area (Å²) in [4.78, 5) is 3.90. The summed E-state index contributed by atoms with van der Waals surface area (Å²) in [5, 5.41) is 5.72. The van der Waals surface area contributed by atoms with Gasteiger partial charge >= 0.3 is 0 Å². The van der Waals surface area contributed by atoms with Crippen molar-refractivity contribution in [3.05, 3.63) is 22.4 Å². The van der Waals surface area contributed by atoms with Gasteiger partial charge in [0.25, 0.3) is 0 Å².